The number of hydrogen-bond donors (Lipinski definition) is 1. The van der Waals surface area contributed by atoms with E-state index < -0.39 is 12.0 Å². The van der Waals surface area contributed by atoms with Crippen LogP contribution in [0.3, 0.4) is 0 Å². The zero-order valence-electron chi connectivity index (χ0n) is 9.82. The van der Waals surface area contributed by atoms with Gasteiger partial charge in [-0.25, -0.2) is 0 Å². The van der Waals surface area contributed by atoms with Crippen LogP contribution in [0.15, 0.2) is 46.0 Å². The first kappa shape index (κ1) is 13.4. The molecule has 0 fully saturated rings. The Bertz CT molecular complexity index is 679. The zero-order chi connectivity index (χ0) is 13.8. The first-order valence-electron chi connectivity index (χ1n) is 5.56. The molecule has 0 spiro atoms. The number of hydrogen-bond acceptors (Lipinski definition) is 2. The van der Waals surface area contributed by atoms with E-state index in [1.807, 2.05) is 36.4 Å². The van der Waals surface area contributed by atoms with E-state index in [0.717, 1.165) is 20.8 Å². The van der Waals surface area contributed by atoms with Gasteiger partial charge in [0, 0.05) is 9.38 Å². The molecule has 0 aliphatic heterocycles. The molecule has 0 saturated carbocycles. The van der Waals surface area contributed by atoms with Crippen molar-refractivity contribution in [2.45, 2.75) is 12.5 Å². The minimum Gasteiger partial charge on any atom is -0.481 e. The summed E-state index contributed by atoms with van der Waals surface area (Å²) in [6, 6.07) is 10.4. The Morgan fingerprint density at radius 1 is 1.37 bits per heavy atom. The van der Waals surface area contributed by atoms with Crippen LogP contribution in [-0.2, 0) is 11.2 Å². The van der Waals surface area contributed by atoms with E-state index in [9.17, 15) is 4.79 Å². The summed E-state index contributed by atoms with van der Waals surface area (Å²) in [7, 11) is 0. The molecule has 0 saturated heterocycles. The molecule has 0 bridgehead atoms. The van der Waals surface area contributed by atoms with Crippen LogP contribution in [0.2, 0.25) is 0 Å². The first-order valence-corrected chi connectivity index (χ1v) is 6.36. The second-order valence-electron chi connectivity index (χ2n) is 4.01. The topological polar surface area (TPSA) is 86.1 Å². The number of rotatable bonds is 4. The number of azide groups is 1. The van der Waals surface area contributed by atoms with Crippen LogP contribution >= 0.6 is 15.9 Å². The van der Waals surface area contributed by atoms with Gasteiger partial charge in [0.05, 0.1) is 0 Å². The highest BCUT2D eigenvalue weighted by molar-refractivity contribution is 9.10. The molecule has 6 heteroatoms. The molecular formula is C13H10BrN3O2. The minimum atomic E-state index is -1.13. The fraction of sp³-hybridized carbons (Fsp3) is 0.154. The number of halogens is 1. The predicted octanol–water partition coefficient (Wildman–Crippen LogP) is 3.91. The van der Waals surface area contributed by atoms with Crippen molar-refractivity contribution >= 4 is 32.7 Å². The summed E-state index contributed by atoms with van der Waals surface area (Å²) in [4.78, 5) is 13.7. The average Bonchev–Trinajstić information content (AvgIpc) is 2.40. The number of benzene rings is 2. The third-order valence-corrected chi connectivity index (χ3v) is 3.60. The molecule has 2 aromatic carbocycles. The zero-order valence-corrected chi connectivity index (χ0v) is 11.4. The van der Waals surface area contributed by atoms with Crippen LogP contribution in [-0.4, -0.2) is 17.1 Å². The van der Waals surface area contributed by atoms with Crippen molar-refractivity contribution < 1.29 is 9.90 Å². The fourth-order valence-electron chi connectivity index (χ4n) is 1.95. The maximum Gasteiger partial charge on any atom is 0.312 e. The first-order chi connectivity index (χ1) is 9.13. The highest BCUT2D eigenvalue weighted by Crippen LogP contribution is 2.28. The van der Waals surface area contributed by atoms with Gasteiger partial charge < -0.3 is 5.11 Å². The Morgan fingerprint density at radius 2 is 2.11 bits per heavy atom. The molecule has 0 aliphatic carbocycles. The molecule has 1 atom stereocenters. The summed E-state index contributed by atoms with van der Waals surface area (Å²) in [6.45, 7) is 0. The second-order valence-corrected chi connectivity index (χ2v) is 4.86. The van der Waals surface area contributed by atoms with E-state index in [-0.39, 0.29) is 6.42 Å². The highest BCUT2D eigenvalue weighted by atomic mass is 79.9. The summed E-state index contributed by atoms with van der Waals surface area (Å²) < 4.78 is 0.811. The third-order valence-electron chi connectivity index (χ3n) is 2.86. The van der Waals surface area contributed by atoms with E-state index in [1.54, 1.807) is 0 Å². The molecule has 2 rings (SSSR count). The van der Waals surface area contributed by atoms with E-state index in [1.165, 1.54) is 0 Å². The number of carboxylic acid groups (broad SMARTS) is 1. The summed E-state index contributed by atoms with van der Waals surface area (Å²) in [5.74, 6) is -1.13. The van der Waals surface area contributed by atoms with E-state index in [0.29, 0.717) is 0 Å². The van der Waals surface area contributed by atoms with Crippen molar-refractivity contribution in [1.82, 2.24) is 0 Å². The quantitative estimate of drug-likeness (QED) is 0.526. The molecule has 2 aromatic rings. The summed E-state index contributed by atoms with van der Waals surface area (Å²) >= 11 is 3.42. The highest BCUT2D eigenvalue weighted by Gasteiger charge is 2.18. The van der Waals surface area contributed by atoms with Crippen molar-refractivity contribution in [3.05, 3.63) is 56.9 Å². The Kier molecular flexibility index (Phi) is 4.04. The maximum atomic E-state index is 11.1. The van der Waals surface area contributed by atoms with Gasteiger partial charge >= 0.3 is 5.97 Å². The van der Waals surface area contributed by atoms with Crippen molar-refractivity contribution in [3.63, 3.8) is 0 Å². The molecule has 0 heterocycles. The fourth-order valence-corrected chi connectivity index (χ4v) is 2.46. The molecule has 96 valence electrons. The van der Waals surface area contributed by atoms with Crippen molar-refractivity contribution in [2.24, 2.45) is 5.11 Å². The monoisotopic (exact) mass is 319 g/mol. The minimum absolute atomic E-state index is 0.154. The van der Waals surface area contributed by atoms with Gasteiger partial charge in [-0.2, -0.15) is 0 Å². The van der Waals surface area contributed by atoms with Gasteiger partial charge in [0.1, 0.15) is 6.04 Å². The van der Waals surface area contributed by atoms with Crippen LogP contribution in [0.4, 0.5) is 0 Å². The number of aliphatic carboxylic acids is 1. The lowest BCUT2D eigenvalue weighted by Crippen LogP contribution is -2.20. The molecular weight excluding hydrogens is 310 g/mol. The number of fused-ring (bicyclic) bond motifs is 1. The van der Waals surface area contributed by atoms with Crippen molar-refractivity contribution in [3.8, 4) is 0 Å². The second kappa shape index (κ2) is 5.73. The number of carboxylic acids is 1. The van der Waals surface area contributed by atoms with Crippen molar-refractivity contribution in [1.29, 1.82) is 0 Å². The Labute approximate surface area is 117 Å². The predicted molar refractivity (Wildman–Crippen MR) is 75.9 cm³/mol. The molecule has 5 nitrogen and oxygen atoms in total. The summed E-state index contributed by atoms with van der Waals surface area (Å²) in [6.07, 6.45) is 0.154. The van der Waals surface area contributed by atoms with Gasteiger partial charge in [-0.05, 0) is 34.4 Å². The molecule has 0 unspecified atom stereocenters. The molecule has 19 heavy (non-hydrogen) atoms. The lowest BCUT2D eigenvalue weighted by Gasteiger charge is -2.11. The average molecular weight is 320 g/mol. The molecule has 1 N–H and O–H groups in total. The maximum absolute atomic E-state index is 11.1. The largest absolute Gasteiger partial charge is 0.481 e. The lowest BCUT2D eigenvalue weighted by molar-refractivity contribution is -0.138. The molecule has 0 aromatic heterocycles. The van der Waals surface area contributed by atoms with Crippen LogP contribution in [0.5, 0.6) is 0 Å². The molecule has 0 amide bonds. The number of carbonyl (C=O) groups is 1. The van der Waals surface area contributed by atoms with Crippen LogP contribution in [0.1, 0.15) is 5.56 Å². The lowest BCUT2D eigenvalue weighted by atomic mass is 9.99. The Balaban J connectivity index is 2.52. The van der Waals surface area contributed by atoms with Crippen LogP contribution in [0.25, 0.3) is 21.2 Å². The summed E-state index contributed by atoms with van der Waals surface area (Å²) in [5, 5.41) is 14.3. The van der Waals surface area contributed by atoms with Gasteiger partial charge in [0.25, 0.3) is 0 Å². The standard InChI is InChI=1S/C13H10BrN3O2/c14-11-6-5-8-3-1-2-4-9(8)10(11)7-12(13(18)19)16-17-15/h1-6,12H,7H2,(H,18,19)/t12-/m0/s1. The van der Waals surface area contributed by atoms with E-state index >= 15 is 0 Å². The molecule has 0 aliphatic rings. The van der Waals surface area contributed by atoms with Crippen LogP contribution < -0.4 is 0 Å². The Morgan fingerprint density at radius 3 is 2.79 bits per heavy atom. The van der Waals surface area contributed by atoms with Crippen LogP contribution in [0, 0.1) is 0 Å². The SMILES string of the molecule is [N-]=[N+]=N[C@@H](Cc1c(Br)ccc2ccccc12)C(=O)O. The van der Waals surface area contributed by atoms with Gasteiger partial charge in [0.15, 0.2) is 0 Å². The normalized spacial score (nSPS) is 11.8. The van der Waals surface area contributed by atoms with Gasteiger partial charge in [-0.1, -0.05) is 51.4 Å². The van der Waals surface area contributed by atoms with Gasteiger partial charge in [-0.3, -0.25) is 4.79 Å². The van der Waals surface area contributed by atoms with Gasteiger partial charge in [0.2, 0.25) is 0 Å². The number of nitrogens with zero attached hydrogens (tertiary/aromatic N) is 3. The smallest absolute Gasteiger partial charge is 0.312 e. The van der Waals surface area contributed by atoms with E-state index in [2.05, 4.69) is 26.0 Å². The van der Waals surface area contributed by atoms with E-state index in [4.69, 9.17) is 10.6 Å². The van der Waals surface area contributed by atoms with Gasteiger partial charge in [-0.15, -0.1) is 0 Å². The Hall–Kier alpha value is -2.04. The third kappa shape index (κ3) is 2.86. The molecule has 0 radical (unpaired) electrons. The summed E-state index contributed by atoms with van der Waals surface area (Å²) in [5.41, 5.74) is 9.26. The van der Waals surface area contributed by atoms with Crippen molar-refractivity contribution in [2.75, 3.05) is 0 Å².